The van der Waals surface area contributed by atoms with E-state index in [4.69, 9.17) is 5.11 Å². The van der Waals surface area contributed by atoms with Gasteiger partial charge in [0.2, 0.25) is 0 Å². The lowest BCUT2D eigenvalue weighted by Crippen LogP contribution is -2.28. The lowest BCUT2D eigenvalue weighted by Gasteiger charge is -2.31. The van der Waals surface area contributed by atoms with Crippen molar-refractivity contribution in [2.75, 3.05) is 0 Å². The Hall–Kier alpha value is -1.68. The maximum absolute atomic E-state index is 12.6. The summed E-state index contributed by atoms with van der Waals surface area (Å²) in [6, 6.07) is 0. The first-order chi connectivity index (χ1) is 9.34. The highest BCUT2D eigenvalue weighted by molar-refractivity contribution is 6.11. The summed E-state index contributed by atoms with van der Waals surface area (Å²) in [5.41, 5.74) is 1.10. The first kappa shape index (κ1) is 17.4. The van der Waals surface area contributed by atoms with E-state index in [1.165, 1.54) is 6.08 Å². The predicted molar refractivity (Wildman–Crippen MR) is 81.8 cm³/mol. The van der Waals surface area contributed by atoms with E-state index in [2.05, 4.69) is 0 Å². The Kier molecular flexibility index (Phi) is 4.63. The van der Waals surface area contributed by atoms with Crippen molar-refractivity contribution in [3.8, 4) is 0 Å². The molecule has 0 bridgehead atoms. The molecule has 0 spiro atoms. The molecule has 4 heteroatoms. The van der Waals surface area contributed by atoms with E-state index >= 15 is 0 Å². The van der Waals surface area contributed by atoms with Gasteiger partial charge in [-0.3, -0.25) is 4.79 Å². The monoisotopic (exact) mass is 292 g/mol. The summed E-state index contributed by atoms with van der Waals surface area (Å²) < 4.78 is 0. The van der Waals surface area contributed by atoms with Crippen LogP contribution in [0.2, 0.25) is 0 Å². The predicted octanol–water partition coefficient (Wildman–Crippen LogP) is 2.89. The highest BCUT2D eigenvalue weighted by atomic mass is 16.4. The number of carbonyl (C=O) groups excluding carboxylic acids is 1. The molecule has 21 heavy (non-hydrogen) atoms. The van der Waals surface area contributed by atoms with Gasteiger partial charge >= 0.3 is 5.97 Å². The number of hydrogen-bond donors (Lipinski definition) is 2. The minimum atomic E-state index is -1.58. The molecule has 1 rings (SSSR count). The average molecular weight is 292 g/mol. The Balaban J connectivity index is 3.42. The molecule has 0 radical (unpaired) electrons. The number of rotatable bonds is 2. The summed E-state index contributed by atoms with van der Waals surface area (Å²) in [7, 11) is 0. The molecule has 0 aliphatic heterocycles. The molecule has 0 heterocycles. The molecule has 4 nitrogen and oxygen atoms in total. The van der Waals surface area contributed by atoms with Gasteiger partial charge in [0.25, 0.3) is 0 Å². The summed E-state index contributed by atoms with van der Waals surface area (Å²) in [4.78, 5) is 23.4. The SMILES string of the molecule is CC(C)(C)C1=CC(=CC(O)C(=O)O)C=C(C(C)(C)C)C1=O. The highest BCUT2D eigenvalue weighted by Crippen LogP contribution is 2.38. The molecule has 1 aliphatic carbocycles. The number of allylic oxidation sites excluding steroid dienone is 5. The largest absolute Gasteiger partial charge is 0.479 e. The first-order valence-electron chi connectivity index (χ1n) is 6.96. The number of aliphatic hydroxyl groups excluding tert-OH is 1. The van der Waals surface area contributed by atoms with Crippen LogP contribution < -0.4 is 0 Å². The van der Waals surface area contributed by atoms with E-state index in [0.29, 0.717) is 16.7 Å². The van der Waals surface area contributed by atoms with E-state index in [1.807, 2.05) is 41.5 Å². The first-order valence-corrected chi connectivity index (χ1v) is 6.96. The quantitative estimate of drug-likeness (QED) is 0.820. The zero-order valence-corrected chi connectivity index (χ0v) is 13.5. The average Bonchev–Trinajstić information content (AvgIpc) is 2.27. The maximum Gasteiger partial charge on any atom is 0.336 e. The zero-order valence-electron chi connectivity index (χ0n) is 13.5. The summed E-state index contributed by atoms with van der Waals surface area (Å²) in [5.74, 6) is -1.33. The van der Waals surface area contributed by atoms with Crippen LogP contribution in [0.5, 0.6) is 0 Å². The molecule has 0 amide bonds. The lowest BCUT2D eigenvalue weighted by molar-refractivity contribution is -0.144. The normalized spacial score (nSPS) is 18.0. The molecule has 0 aromatic carbocycles. The van der Waals surface area contributed by atoms with Crippen LogP contribution in [-0.2, 0) is 9.59 Å². The summed E-state index contributed by atoms with van der Waals surface area (Å²) in [6.07, 6.45) is 3.02. The molecule has 1 aliphatic rings. The number of ketones is 1. The fraction of sp³-hybridized carbons (Fsp3) is 0.529. The van der Waals surface area contributed by atoms with Crippen molar-refractivity contribution < 1.29 is 19.8 Å². The third-order valence-electron chi connectivity index (χ3n) is 3.33. The van der Waals surface area contributed by atoms with Gasteiger partial charge in [-0.15, -0.1) is 0 Å². The second kappa shape index (κ2) is 5.60. The van der Waals surface area contributed by atoms with Gasteiger partial charge < -0.3 is 10.2 Å². The molecule has 0 fully saturated rings. The molecule has 0 aromatic rings. The molecule has 1 unspecified atom stereocenters. The zero-order chi connectivity index (χ0) is 16.6. The van der Waals surface area contributed by atoms with Crippen molar-refractivity contribution in [3.05, 3.63) is 34.9 Å². The Morgan fingerprint density at radius 2 is 1.43 bits per heavy atom. The smallest absolute Gasteiger partial charge is 0.336 e. The van der Waals surface area contributed by atoms with E-state index < -0.39 is 12.1 Å². The van der Waals surface area contributed by atoms with Gasteiger partial charge in [-0.2, -0.15) is 0 Å². The molecule has 0 aromatic heterocycles. The van der Waals surface area contributed by atoms with Gasteiger partial charge in [0.05, 0.1) is 0 Å². The third-order valence-corrected chi connectivity index (χ3v) is 3.33. The summed E-state index contributed by atoms with van der Waals surface area (Å²) >= 11 is 0. The maximum atomic E-state index is 12.6. The van der Waals surface area contributed by atoms with Crippen LogP contribution in [0.3, 0.4) is 0 Å². The number of carboxylic acid groups (broad SMARTS) is 1. The van der Waals surface area contributed by atoms with E-state index in [9.17, 15) is 14.7 Å². The van der Waals surface area contributed by atoms with Gasteiger partial charge in [0.15, 0.2) is 11.9 Å². The van der Waals surface area contributed by atoms with Gasteiger partial charge in [-0.25, -0.2) is 4.79 Å². The second-order valence-corrected chi connectivity index (χ2v) is 7.39. The minimum absolute atomic E-state index is 0.0167. The standard InChI is InChI=1S/C17H24O4/c1-16(2,3)11-7-10(9-13(18)15(20)21)8-12(14(11)19)17(4,5)6/h7-9,13,18H,1-6H3,(H,20,21). The molecular weight excluding hydrogens is 268 g/mol. The number of carbonyl (C=O) groups is 2. The van der Waals surface area contributed by atoms with Crippen molar-refractivity contribution in [3.63, 3.8) is 0 Å². The van der Waals surface area contributed by atoms with Crippen molar-refractivity contribution >= 4 is 11.8 Å². The van der Waals surface area contributed by atoms with Crippen LogP contribution >= 0.6 is 0 Å². The Labute approximate surface area is 125 Å². The molecule has 0 saturated heterocycles. The van der Waals surface area contributed by atoms with Crippen LogP contribution in [0.4, 0.5) is 0 Å². The van der Waals surface area contributed by atoms with Crippen LogP contribution in [-0.4, -0.2) is 28.1 Å². The van der Waals surface area contributed by atoms with E-state index in [1.54, 1.807) is 12.2 Å². The number of aliphatic carboxylic acids is 1. The van der Waals surface area contributed by atoms with Crippen molar-refractivity contribution in [2.24, 2.45) is 10.8 Å². The third kappa shape index (κ3) is 4.14. The van der Waals surface area contributed by atoms with E-state index in [-0.39, 0.29) is 16.6 Å². The molecule has 116 valence electrons. The minimum Gasteiger partial charge on any atom is -0.479 e. The molecule has 2 N–H and O–H groups in total. The Bertz CT molecular complexity index is 512. The summed E-state index contributed by atoms with van der Waals surface area (Å²) in [5, 5.41) is 18.3. The molecule has 1 atom stereocenters. The number of Topliss-reactive ketones (excluding diaryl/α,β-unsaturated/α-hetero) is 1. The van der Waals surface area contributed by atoms with Gasteiger partial charge in [-0.05, 0) is 34.6 Å². The fourth-order valence-electron chi connectivity index (χ4n) is 2.12. The fourth-order valence-corrected chi connectivity index (χ4v) is 2.12. The van der Waals surface area contributed by atoms with Crippen molar-refractivity contribution in [1.29, 1.82) is 0 Å². The highest BCUT2D eigenvalue weighted by Gasteiger charge is 2.34. The lowest BCUT2D eigenvalue weighted by atomic mass is 9.72. The Morgan fingerprint density at radius 1 is 1.05 bits per heavy atom. The number of aliphatic hydroxyl groups is 1. The van der Waals surface area contributed by atoms with Crippen LogP contribution in [0.1, 0.15) is 41.5 Å². The second-order valence-electron chi connectivity index (χ2n) is 7.39. The van der Waals surface area contributed by atoms with Crippen LogP contribution in [0, 0.1) is 10.8 Å². The van der Waals surface area contributed by atoms with Crippen molar-refractivity contribution in [2.45, 2.75) is 47.6 Å². The summed E-state index contributed by atoms with van der Waals surface area (Å²) in [6.45, 7) is 11.6. The van der Waals surface area contributed by atoms with Gasteiger partial charge in [-0.1, -0.05) is 41.5 Å². The van der Waals surface area contributed by atoms with Gasteiger partial charge in [0, 0.05) is 11.1 Å². The van der Waals surface area contributed by atoms with Crippen molar-refractivity contribution in [1.82, 2.24) is 0 Å². The molecular formula is C17H24O4. The Morgan fingerprint density at radius 3 is 1.71 bits per heavy atom. The number of hydrogen-bond acceptors (Lipinski definition) is 3. The van der Waals surface area contributed by atoms with Gasteiger partial charge in [0.1, 0.15) is 0 Å². The topological polar surface area (TPSA) is 74.6 Å². The van der Waals surface area contributed by atoms with E-state index in [0.717, 1.165) is 0 Å². The van der Waals surface area contributed by atoms with Crippen LogP contribution in [0.15, 0.2) is 34.9 Å². The molecule has 0 saturated carbocycles. The number of carboxylic acids is 1. The van der Waals surface area contributed by atoms with Crippen LogP contribution in [0.25, 0.3) is 0 Å².